The highest BCUT2D eigenvalue weighted by Crippen LogP contribution is 2.23. The lowest BCUT2D eigenvalue weighted by atomic mass is 10.2. The van der Waals surface area contributed by atoms with Crippen molar-refractivity contribution in [2.75, 3.05) is 5.32 Å². The van der Waals surface area contributed by atoms with Crippen LogP contribution in [0.3, 0.4) is 0 Å². The monoisotopic (exact) mass is 302 g/mol. The van der Waals surface area contributed by atoms with E-state index in [0.717, 1.165) is 5.69 Å². The van der Waals surface area contributed by atoms with Crippen molar-refractivity contribution in [2.45, 2.75) is 0 Å². The van der Waals surface area contributed by atoms with E-state index < -0.39 is 5.83 Å². The fraction of sp³-hybridized carbons (Fsp3) is 0. The highest BCUT2D eigenvalue weighted by molar-refractivity contribution is 6.31. The van der Waals surface area contributed by atoms with Gasteiger partial charge in [0.05, 0.1) is 5.57 Å². The second-order valence-electron chi connectivity index (χ2n) is 4.04. The smallest absolute Gasteiger partial charge is 0.164 e. The van der Waals surface area contributed by atoms with Gasteiger partial charge in [0.2, 0.25) is 0 Å². The minimum absolute atomic E-state index is 0.0911. The second-order valence-corrected chi connectivity index (χ2v) is 4.52. The summed E-state index contributed by atoms with van der Waals surface area (Å²) in [6, 6.07) is 5.23. The molecular formula is C15H12ClFN4. The average molecular weight is 303 g/mol. The maximum atomic E-state index is 13.5. The minimum atomic E-state index is -0.683. The van der Waals surface area contributed by atoms with Crippen molar-refractivity contribution in [3.05, 3.63) is 72.7 Å². The van der Waals surface area contributed by atoms with Crippen LogP contribution < -0.4 is 5.32 Å². The molecule has 106 valence electrons. The van der Waals surface area contributed by atoms with E-state index in [4.69, 9.17) is 11.6 Å². The van der Waals surface area contributed by atoms with Gasteiger partial charge in [-0.1, -0.05) is 24.8 Å². The maximum absolute atomic E-state index is 13.5. The molecule has 0 amide bonds. The molecule has 0 aromatic carbocycles. The number of halogens is 2. The van der Waals surface area contributed by atoms with Crippen LogP contribution in [0.4, 0.5) is 15.9 Å². The Labute approximate surface area is 126 Å². The molecule has 0 saturated carbocycles. The summed E-state index contributed by atoms with van der Waals surface area (Å²) in [5.41, 5.74) is 0.898. The molecule has 6 heteroatoms. The molecular weight excluding hydrogens is 291 g/mol. The van der Waals surface area contributed by atoms with Crippen LogP contribution in [-0.4, -0.2) is 15.0 Å². The van der Waals surface area contributed by atoms with Crippen LogP contribution >= 0.6 is 11.6 Å². The van der Waals surface area contributed by atoms with Crippen LogP contribution in [0.15, 0.2) is 66.9 Å². The van der Waals surface area contributed by atoms with E-state index in [2.05, 4.69) is 33.4 Å². The molecule has 0 bridgehead atoms. The maximum Gasteiger partial charge on any atom is 0.164 e. The number of hydrogen-bond acceptors (Lipinski definition) is 4. The average Bonchev–Trinajstić information content (AvgIpc) is 2.45. The lowest BCUT2D eigenvalue weighted by molar-refractivity contribution is 0.676. The van der Waals surface area contributed by atoms with Crippen molar-refractivity contribution in [3.8, 4) is 0 Å². The van der Waals surface area contributed by atoms with Crippen LogP contribution in [0.25, 0.3) is 5.57 Å². The predicted molar refractivity (Wildman–Crippen MR) is 82.8 cm³/mol. The SMILES string of the molecule is C=C(Cl)/C=C(\C(=C)F)c1nccc(Nc2ccncc2)n1. The first-order valence-electron chi connectivity index (χ1n) is 5.97. The molecule has 0 atom stereocenters. The van der Waals surface area contributed by atoms with Crippen molar-refractivity contribution < 1.29 is 4.39 Å². The number of pyridine rings is 1. The molecule has 2 heterocycles. The molecule has 0 radical (unpaired) electrons. The van der Waals surface area contributed by atoms with Gasteiger partial charge in [-0.05, 0) is 24.3 Å². The van der Waals surface area contributed by atoms with Crippen LogP contribution in [0.1, 0.15) is 5.82 Å². The van der Waals surface area contributed by atoms with Gasteiger partial charge in [0, 0.05) is 29.3 Å². The van der Waals surface area contributed by atoms with Gasteiger partial charge >= 0.3 is 0 Å². The summed E-state index contributed by atoms with van der Waals surface area (Å²) in [4.78, 5) is 12.2. The number of aromatic nitrogens is 3. The van der Waals surface area contributed by atoms with E-state index in [1.54, 1.807) is 30.6 Å². The Bertz CT molecular complexity index is 698. The van der Waals surface area contributed by atoms with Crippen molar-refractivity contribution in [3.63, 3.8) is 0 Å². The predicted octanol–water partition coefficient (Wildman–Crippen LogP) is 4.23. The molecule has 2 aromatic rings. The van der Waals surface area contributed by atoms with Crippen LogP contribution in [0, 0.1) is 0 Å². The number of rotatable bonds is 5. The first-order valence-corrected chi connectivity index (χ1v) is 6.35. The first-order chi connectivity index (χ1) is 10.1. The number of allylic oxidation sites excluding steroid dienone is 4. The Morgan fingerprint density at radius 1 is 1.19 bits per heavy atom. The lowest BCUT2D eigenvalue weighted by Gasteiger charge is -2.08. The van der Waals surface area contributed by atoms with E-state index >= 15 is 0 Å². The Morgan fingerprint density at radius 3 is 2.52 bits per heavy atom. The van der Waals surface area contributed by atoms with Crippen molar-refractivity contribution in [1.29, 1.82) is 0 Å². The third kappa shape index (κ3) is 4.22. The molecule has 0 spiro atoms. The Kier molecular flexibility index (Phi) is 4.79. The van der Waals surface area contributed by atoms with Crippen molar-refractivity contribution >= 4 is 28.7 Å². The first kappa shape index (κ1) is 14.9. The fourth-order valence-electron chi connectivity index (χ4n) is 1.56. The minimum Gasteiger partial charge on any atom is -0.340 e. The summed E-state index contributed by atoms with van der Waals surface area (Å²) >= 11 is 5.68. The van der Waals surface area contributed by atoms with Gasteiger partial charge < -0.3 is 5.32 Å². The summed E-state index contributed by atoms with van der Waals surface area (Å²) in [6.07, 6.45) is 6.14. The van der Waals surface area contributed by atoms with Crippen molar-refractivity contribution in [1.82, 2.24) is 15.0 Å². The summed E-state index contributed by atoms with van der Waals surface area (Å²) < 4.78 is 13.5. The zero-order valence-electron chi connectivity index (χ0n) is 11.1. The molecule has 0 saturated heterocycles. The van der Waals surface area contributed by atoms with E-state index in [-0.39, 0.29) is 16.4 Å². The Balaban J connectivity index is 2.32. The third-order valence-electron chi connectivity index (χ3n) is 2.44. The molecule has 0 fully saturated rings. The zero-order chi connectivity index (χ0) is 15.2. The number of anilines is 2. The standard InChI is InChI=1S/C15H12ClFN4/c1-10(16)9-13(11(2)17)15-19-8-5-14(21-15)20-12-3-6-18-7-4-12/h3-9H,1-2H2,(H,18,19,20,21)/b13-9+. The molecule has 21 heavy (non-hydrogen) atoms. The largest absolute Gasteiger partial charge is 0.340 e. The molecule has 2 rings (SSSR count). The van der Waals surface area contributed by atoms with Gasteiger partial charge in [0.1, 0.15) is 11.6 Å². The number of nitrogens with one attached hydrogen (secondary N) is 1. The van der Waals surface area contributed by atoms with Gasteiger partial charge in [0.25, 0.3) is 0 Å². The summed E-state index contributed by atoms with van der Waals surface area (Å²) in [5, 5.41) is 3.23. The van der Waals surface area contributed by atoms with E-state index in [0.29, 0.717) is 5.82 Å². The van der Waals surface area contributed by atoms with Gasteiger partial charge in [0.15, 0.2) is 5.82 Å². The van der Waals surface area contributed by atoms with Crippen LogP contribution in [0.5, 0.6) is 0 Å². The fourth-order valence-corrected chi connectivity index (χ4v) is 1.67. The molecule has 0 aliphatic rings. The lowest BCUT2D eigenvalue weighted by Crippen LogP contribution is -1.99. The third-order valence-corrected chi connectivity index (χ3v) is 2.55. The Hall–Kier alpha value is -2.53. The van der Waals surface area contributed by atoms with Crippen LogP contribution in [0.2, 0.25) is 0 Å². The highest BCUT2D eigenvalue weighted by atomic mass is 35.5. The van der Waals surface area contributed by atoms with Gasteiger partial charge in [-0.2, -0.15) is 0 Å². The second kappa shape index (κ2) is 6.76. The molecule has 2 aromatic heterocycles. The van der Waals surface area contributed by atoms with Crippen molar-refractivity contribution in [2.24, 2.45) is 0 Å². The van der Waals surface area contributed by atoms with E-state index in [9.17, 15) is 4.39 Å². The molecule has 1 N–H and O–H groups in total. The summed E-state index contributed by atoms with van der Waals surface area (Å²) in [6.45, 7) is 6.75. The zero-order valence-corrected chi connectivity index (χ0v) is 11.8. The number of nitrogens with zero attached hydrogens (tertiary/aromatic N) is 3. The Morgan fingerprint density at radius 2 is 1.90 bits per heavy atom. The molecule has 0 unspecified atom stereocenters. The number of hydrogen-bond donors (Lipinski definition) is 1. The van der Waals surface area contributed by atoms with Gasteiger partial charge in [-0.3, -0.25) is 4.98 Å². The quantitative estimate of drug-likeness (QED) is 0.840. The van der Waals surface area contributed by atoms with Crippen LogP contribution in [-0.2, 0) is 0 Å². The highest BCUT2D eigenvalue weighted by Gasteiger charge is 2.10. The topological polar surface area (TPSA) is 50.7 Å². The normalized spacial score (nSPS) is 11.0. The van der Waals surface area contributed by atoms with Gasteiger partial charge in [-0.25, -0.2) is 14.4 Å². The van der Waals surface area contributed by atoms with Gasteiger partial charge in [-0.15, -0.1) is 0 Å². The molecule has 0 aliphatic heterocycles. The van der Waals surface area contributed by atoms with E-state index in [1.165, 1.54) is 12.3 Å². The summed E-state index contributed by atoms with van der Waals surface area (Å²) in [7, 11) is 0. The molecule has 0 aliphatic carbocycles. The van der Waals surface area contributed by atoms with E-state index in [1.807, 2.05) is 0 Å². The summed E-state index contributed by atoms with van der Waals surface area (Å²) in [5.74, 6) is -0.000230. The molecule has 4 nitrogen and oxygen atoms in total.